The van der Waals surface area contributed by atoms with Gasteiger partial charge in [0.1, 0.15) is 6.10 Å². The Kier molecular flexibility index (Phi) is 5.21. The van der Waals surface area contributed by atoms with Crippen LogP contribution in [0.15, 0.2) is 24.3 Å². The van der Waals surface area contributed by atoms with Gasteiger partial charge >= 0.3 is 0 Å². The Morgan fingerprint density at radius 3 is 2.77 bits per heavy atom. The number of hydrogen-bond donors (Lipinski definition) is 2. The van der Waals surface area contributed by atoms with Gasteiger partial charge in [-0.05, 0) is 32.4 Å². The lowest BCUT2D eigenvalue weighted by Crippen LogP contribution is -2.43. The number of nitrogens with one attached hydrogen (secondary N) is 1. The molecule has 0 fully saturated rings. The van der Waals surface area contributed by atoms with E-state index in [4.69, 9.17) is 4.74 Å². The third kappa shape index (κ3) is 4.29. The number of benzene rings is 1. The average molecular weight is 306 g/mol. The average Bonchev–Trinajstić information content (AvgIpc) is 2.47. The zero-order valence-corrected chi connectivity index (χ0v) is 13.8. The fraction of sp³-hybridized carbons (Fsp3) is 0.588. The van der Waals surface area contributed by atoms with E-state index in [9.17, 15) is 9.90 Å². The SMILES string of the molecule is CN1CC(OCC(O)CNC(C)(C)C)c2ccccc2C1=O. The molecule has 2 N–H and O–H groups in total. The molecule has 1 aromatic carbocycles. The van der Waals surface area contributed by atoms with E-state index < -0.39 is 6.10 Å². The van der Waals surface area contributed by atoms with Crippen molar-refractivity contribution in [3.63, 3.8) is 0 Å². The quantitative estimate of drug-likeness (QED) is 0.867. The van der Waals surface area contributed by atoms with E-state index in [1.54, 1.807) is 11.9 Å². The molecule has 0 saturated heterocycles. The summed E-state index contributed by atoms with van der Waals surface area (Å²) in [5, 5.41) is 13.3. The molecule has 122 valence electrons. The lowest BCUT2D eigenvalue weighted by molar-refractivity contribution is -0.0248. The first-order valence-electron chi connectivity index (χ1n) is 7.67. The number of amides is 1. The molecular formula is C17H26N2O3. The minimum absolute atomic E-state index is 0.0189. The zero-order chi connectivity index (χ0) is 16.3. The number of rotatable bonds is 5. The molecule has 1 aliphatic heterocycles. The predicted octanol–water partition coefficient (Wildman–Crippen LogP) is 1.58. The van der Waals surface area contributed by atoms with Crippen molar-refractivity contribution in [2.45, 2.75) is 38.5 Å². The number of hydrogen-bond acceptors (Lipinski definition) is 4. The largest absolute Gasteiger partial charge is 0.389 e. The molecule has 22 heavy (non-hydrogen) atoms. The van der Waals surface area contributed by atoms with Crippen molar-refractivity contribution in [1.29, 1.82) is 0 Å². The number of aliphatic hydroxyl groups excluding tert-OH is 1. The second-order valence-electron chi connectivity index (χ2n) is 6.88. The third-order valence-corrected chi connectivity index (χ3v) is 3.68. The smallest absolute Gasteiger partial charge is 0.254 e. The van der Waals surface area contributed by atoms with Crippen LogP contribution in [0, 0.1) is 0 Å². The molecule has 2 rings (SSSR count). The van der Waals surface area contributed by atoms with E-state index in [2.05, 4.69) is 26.1 Å². The monoisotopic (exact) mass is 306 g/mol. The van der Waals surface area contributed by atoms with Gasteiger partial charge in [0.25, 0.3) is 5.91 Å². The highest BCUT2D eigenvalue weighted by Crippen LogP contribution is 2.28. The van der Waals surface area contributed by atoms with Gasteiger partial charge in [-0.2, -0.15) is 0 Å². The van der Waals surface area contributed by atoms with Crippen LogP contribution in [0.5, 0.6) is 0 Å². The van der Waals surface area contributed by atoms with Gasteiger partial charge < -0.3 is 20.1 Å². The van der Waals surface area contributed by atoms with Crippen LogP contribution in [0.4, 0.5) is 0 Å². The summed E-state index contributed by atoms with van der Waals surface area (Å²) in [4.78, 5) is 13.8. The van der Waals surface area contributed by atoms with Gasteiger partial charge in [-0.1, -0.05) is 18.2 Å². The highest BCUT2D eigenvalue weighted by Gasteiger charge is 2.29. The molecule has 0 saturated carbocycles. The van der Waals surface area contributed by atoms with Gasteiger partial charge in [0.15, 0.2) is 0 Å². The first-order valence-corrected chi connectivity index (χ1v) is 7.67. The number of ether oxygens (including phenoxy) is 1. The van der Waals surface area contributed by atoms with Crippen molar-refractivity contribution in [2.24, 2.45) is 0 Å². The van der Waals surface area contributed by atoms with E-state index in [1.807, 2.05) is 24.3 Å². The van der Waals surface area contributed by atoms with Crippen LogP contribution in [0.25, 0.3) is 0 Å². The van der Waals surface area contributed by atoms with Crippen molar-refractivity contribution in [1.82, 2.24) is 10.2 Å². The minimum atomic E-state index is -0.575. The van der Waals surface area contributed by atoms with Crippen molar-refractivity contribution in [3.05, 3.63) is 35.4 Å². The molecule has 2 unspecified atom stereocenters. The molecule has 0 radical (unpaired) electrons. The van der Waals surface area contributed by atoms with E-state index in [1.165, 1.54) is 0 Å². The molecule has 0 spiro atoms. The van der Waals surface area contributed by atoms with Crippen molar-refractivity contribution < 1.29 is 14.6 Å². The van der Waals surface area contributed by atoms with E-state index in [-0.39, 0.29) is 24.2 Å². The van der Waals surface area contributed by atoms with Crippen LogP contribution < -0.4 is 5.32 Å². The van der Waals surface area contributed by atoms with Gasteiger partial charge in [-0.25, -0.2) is 0 Å². The third-order valence-electron chi connectivity index (χ3n) is 3.68. The Hall–Kier alpha value is -1.43. The molecule has 2 atom stereocenters. The van der Waals surface area contributed by atoms with Gasteiger partial charge in [0.05, 0.1) is 19.3 Å². The van der Waals surface area contributed by atoms with Crippen LogP contribution in [0.3, 0.4) is 0 Å². The van der Waals surface area contributed by atoms with Crippen LogP contribution in [0.1, 0.15) is 42.8 Å². The van der Waals surface area contributed by atoms with E-state index in [0.29, 0.717) is 18.7 Å². The fourth-order valence-corrected chi connectivity index (χ4v) is 2.46. The summed E-state index contributed by atoms with van der Waals surface area (Å²) in [6.07, 6.45) is -0.766. The minimum Gasteiger partial charge on any atom is -0.389 e. The normalized spacial score (nSPS) is 20.0. The number of nitrogens with zero attached hydrogens (tertiary/aromatic N) is 1. The number of carbonyl (C=O) groups excluding carboxylic acids is 1. The van der Waals surface area contributed by atoms with Gasteiger partial charge in [0, 0.05) is 24.7 Å². The molecule has 1 aromatic rings. The number of β-amino-alcohol motifs (C(OH)–C–C–N with tert-alkyl or cyclic N) is 1. The molecular weight excluding hydrogens is 280 g/mol. The van der Waals surface area contributed by atoms with Crippen molar-refractivity contribution in [3.8, 4) is 0 Å². The Morgan fingerprint density at radius 1 is 1.41 bits per heavy atom. The summed E-state index contributed by atoms with van der Waals surface area (Å²) < 4.78 is 5.87. The molecule has 1 aliphatic rings. The molecule has 1 amide bonds. The summed E-state index contributed by atoms with van der Waals surface area (Å²) in [6, 6.07) is 7.51. The maximum atomic E-state index is 12.1. The van der Waals surface area contributed by atoms with Crippen LogP contribution in [-0.4, -0.2) is 54.3 Å². The molecule has 5 heteroatoms. The zero-order valence-electron chi connectivity index (χ0n) is 13.8. The highest BCUT2D eigenvalue weighted by atomic mass is 16.5. The Labute approximate surface area is 132 Å². The number of aliphatic hydroxyl groups is 1. The standard InChI is InChI=1S/C17H26N2O3/c1-17(2,3)18-9-12(20)11-22-15-10-19(4)16(21)14-8-6-5-7-13(14)15/h5-8,12,15,18,20H,9-11H2,1-4H3. The Morgan fingerprint density at radius 2 is 2.09 bits per heavy atom. The topological polar surface area (TPSA) is 61.8 Å². The lowest BCUT2D eigenvalue weighted by atomic mass is 9.97. The number of carbonyl (C=O) groups is 1. The van der Waals surface area contributed by atoms with Gasteiger partial charge in [-0.3, -0.25) is 4.79 Å². The highest BCUT2D eigenvalue weighted by molar-refractivity contribution is 5.96. The first-order chi connectivity index (χ1) is 10.3. The molecule has 1 heterocycles. The van der Waals surface area contributed by atoms with Gasteiger partial charge in [-0.15, -0.1) is 0 Å². The molecule has 0 bridgehead atoms. The van der Waals surface area contributed by atoms with Crippen molar-refractivity contribution in [2.75, 3.05) is 26.7 Å². The summed E-state index contributed by atoms with van der Waals surface area (Å²) in [7, 11) is 1.77. The maximum absolute atomic E-state index is 12.1. The van der Waals surface area contributed by atoms with Crippen LogP contribution in [-0.2, 0) is 4.74 Å². The Bertz CT molecular complexity index is 525. The lowest BCUT2D eigenvalue weighted by Gasteiger charge is -2.32. The molecule has 0 aromatic heterocycles. The summed E-state index contributed by atoms with van der Waals surface area (Å²) in [5.41, 5.74) is 1.55. The van der Waals surface area contributed by atoms with Crippen LogP contribution in [0.2, 0.25) is 0 Å². The number of fused-ring (bicyclic) bond motifs is 1. The maximum Gasteiger partial charge on any atom is 0.254 e. The second-order valence-corrected chi connectivity index (χ2v) is 6.88. The van der Waals surface area contributed by atoms with Crippen LogP contribution >= 0.6 is 0 Å². The van der Waals surface area contributed by atoms with E-state index >= 15 is 0 Å². The molecule has 5 nitrogen and oxygen atoms in total. The first kappa shape index (κ1) is 16.9. The number of likely N-dealkylation sites (N-methyl/N-ethyl adjacent to an activating group) is 1. The second kappa shape index (κ2) is 6.77. The summed E-state index contributed by atoms with van der Waals surface area (Å²) >= 11 is 0. The Balaban J connectivity index is 1.96. The fourth-order valence-electron chi connectivity index (χ4n) is 2.46. The van der Waals surface area contributed by atoms with Crippen molar-refractivity contribution >= 4 is 5.91 Å². The summed E-state index contributed by atoms with van der Waals surface area (Å²) in [5.74, 6) is 0.0189. The van der Waals surface area contributed by atoms with Gasteiger partial charge in [0.2, 0.25) is 0 Å². The summed E-state index contributed by atoms with van der Waals surface area (Å²) in [6.45, 7) is 7.39. The molecule has 0 aliphatic carbocycles. The van der Waals surface area contributed by atoms with E-state index in [0.717, 1.165) is 5.56 Å². The predicted molar refractivity (Wildman–Crippen MR) is 85.9 cm³/mol.